The molecule has 0 unspecified atom stereocenters. The molecule has 0 spiro atoms. The Balaban J connectivity index is 1.42. The van der Waals surface area contributed by atoms with Crippen LogP contribution < -0.4 is 5.32 Å². The van der Waals surface area contributed by atoms with Crippen molar-refractivity contribution in [1.82, 2.24) is 14.2 Å². The van der Waals surface area contributed by atoms with Crippen LogP contribution in [0, 0.1) is 5.92 Å². The molecule has 7 heteroatoms. The van der Waals surface area contributed by atoms with Crippen molar-refractivity contribution >= 4 is 26.8 Å². The van der Waals surface area contributed by atoms with E-state index in [-0.39, 0.29) is 11.8 Å². The minimum Gasteiger partial charge on any atom is -0.353 e. The number of hydrogen-bond donors (Lipinski definition) is 1. The minimum atomic E-state index is -3.53. The lowest BCUT2D eigenvalue weighted by Crippen LogP contribution is -2.44. The van der Waals surface area contributed by atoms with Crippen molar-refractivity contribution in [3.05, 3.63) is 30.5 Å². The second kappa shape index (κ2) is 7.87. The molecule has 0 atom stereocenters. The highest BCUT2D eigenvalue weighted by molar-refractivity contribution is 7.89. The van der Waals surface area contributed by atoms with Crippen molar-refractivity contribution in [2.75, 3.05) is 13.1 Å². The van der Waals surface area contributed by atoms with E-state index in [9.17, 15) is 13.2 Å². The second-order valence-electron chi connectivity index (χ2n) is 7.99. The summed E-state index contributed by atoms with van der Waals surface area (Å²) in [6.45, 7) is 3.72. The van der Waals surface area contributed by atoms with Crippen molar-refractivity contribution in [2.45, 2.75) is 62.9 Å². The molecule has 4 rings (SSSR count). The van der Waals surface area contributed by atoms with Crippen molar-refractivity contribution in [1.29, 1.82) is 0 Å². The zero-order valence-electron chi connectivity index (χ0n) is 16.4. The number of sulfonamides is 1. The maximum atomic E-state index is 13.1. The Morgan fingerprint density at radius 1 is 1.11 bits per heavy atom. The Morgan fingerprint density at radius 3 is 2.50 bits per heavy atom. The molecule has 1 aromatic carbocycles. The van der Waals surface area contributed by atoms with Crippen LogP contribution in [0.25, 0.3) is 10.9 Å². The van der Waals surface area contributed by atoms with Gasteiger partial charge in [0.05, 0.1) is 4.90 Å². The Morgan fingerprint density at radius 2 is 1.82 bits per heavy atom. The van der Waals surface area contributed by atoms with Crippen molar-refractivity contribution in [2.24, 2.45) is 5.92 Å². The van der Waals surface area contributed by atoms with Gasteiger partial charge in [0.2, 0.25) is 15.9 Å². The number of fused-ring (bicyclic) bond motifs is 1. The standard InChI is InChI=1S/C21H29N3O3S/c1-2-23-12-9-17-15-19(7-8-20(17)23)28(26,27)24-13-10-16(11-14-24)21(25)22-18-5-3-4-6-18/h7-9,12,15-16,18H,2-6,10-11,13-14H2,1H3,(H,22,25). The normalized spacial score (nSPS) is 20.0. The van der Waals surface area contributed by atoms with Crippen LogP contribution in [-0.2, 0) is 21.4 Å². The number of aryl methyl sites for hydroxylation is 1. The molecular weight excluding hydrogens is 374 g/mol. The van der Waals surface area contributed by atoms with Crippen LogP contribution in [-0.4, -0.2) is 42.3 Å². The summed E-state index contributed by atoms with van der Waals surface area (Å²) < 4.78 is 29.8. The number of piperidine rings is 1. The summed E-state index contributed by atoms with van der Waals surface area (Å²) in [5.41, 5.74) is 1.05. The van der Waals surface area contributed by atoms with Crippen molar-refractivity contribution in [3.8, 4) is 0 Å². The van der Waals surface area contributed by atoms with E-state index in [1.165, 1.54) is 17.1 Å². The summed E-state index contributed by atoms with van der Waals surface area (Å²) in [6.07, 6.45) is 7.68. The number of rotatable bonds is 5. The van der Waals surface area contributed by atoms with Crippen LogP contribution in [0.5, 0.6) is 0 Å². The van der Waals surface area contributed by atoms with Crippen molar-refractivity contribution < 1.29 is 13.2 Å². The number of carbonyl (C=O) groups excluding carboxylic acids is 1. The van der Waals surface area contributed by atoms with Gasteiger partial charge < -0.3 is 9.88 Å². The monoisotopic (exact) mass is 403 g/mol. The largest absolute Gasteiger partial charge is 0.353 e. The smallest absolute Gasteiger partial charge is 0.243 e. The zero-order valence-corrected chi connectivity index (χ0v) is 17.2. The third kappa shape index (κ3) is 3.70. The van der Waals surface area contributed by atoms with Gasteiger partial charge in [-0.1, -0.05) is 12.8 Å². The van der Waals surface area contributed by atoms with E-state index >= 15 is 0 Å². The van der Waals surface area contributed by atoms with E-state index in [4.69, 9.17) is 0 Å². The Bertz CT molecular complexity index is 952. The molecule has 1 saturated carbocycles. The summed E-state index contributed by atoms with van der Waals surface area (Å²) >= 11 is 0. The third-order valence-electron chi connectivity index (χ3n) is 6.25. The van der Waals surface area contributed by atoms with Crippen LogP contribution >= 0.6 is 0 Å². The lowest BCUT2D eigenvalue weighted by Gasteiger charge is -2.31. The summed E-state index contributed by atoms with van der Waals surface area (Å²) in [7, 11) is -3.53. The van der Waals surface area contributed by atoms with Gasteiger partial charge in [-0.25, -0.2) is 8.42 Å². The molecule has 6 nitrogen and oxygen atoms in total. The predicted molar refractivity (Wildman–Crippen MR) is 109 cm³/mol. The fraction of sp³-hybridized carbons (Fsp3) is 0.571. The number of aromatic nitrogens is 1. The molecule has 0 radical (unpaired) electrons. The molecule has 1 saturated heterocycles. The first-order chi connectivity index (χ1) is 13.5. The molecule has 2 aliphatic rings. The Hall–Kier alpha value is -1.86. The Labute approximate surface area is 166 Å². The first-order valence-corrected chi connectivity index (χ1v) is 11.8. The van der Waals surface area contributed by atoms with Crippen LogP contribution in [0.15, 0.2) is 35.4 Å². The molecule has 28 heavy (non-hydrogen) atoms. The molecule has 152 valence electrons. The van der Waals surface area contributed by atoms with Gasteiger partial charge in [-0.2, -0.15) is 4.31 Å². The number of benzene rings is 1. The van der Waals surface area contributed by atoms with E-state index in [2.05, 4.69) is 16.8 Å². The maximum Gasteiger partial charge on any atom is 0.243 e. The molecule has 1 amide bonds. The molecule has 1 N–H and O–H groups in total. The van der Waals surface area contributed by atoms with Crippen LogP contribution in [0.3, 0.4) is 0 Å². The second-order valence-corrected chi connectivity index (χ2v) is 9.93. The number of nitrogens with one attached hydrogen (secondary N) is 1. The SMILES string of the molecule is CCn1ccc2cc(S(=O)(=O)N3CCC(C(=O)NC4CCCC4)CC3)ccc21. The highest BCUT2D eigenvalue weighted by atomic mass is 32.2. The van der Waals surface area contributed by atoms with Gasteiger partial charge in [0.15, 0.2) is 0 Å². The first kappa shape index (κ1) is 19.5. The van der Waals surface area contributed by atoms with E-state index in [1.807, 2.05) is 18.3 Å². The minimum absolute atomic E-state index is 0.0758. The van der Waals surface area contributed by atoms with E-state index in [0.29, 0.717) is 36.9 Å². The van der Waals surface area contributed by atoms with Crippen LogP contribution in [0.2, 0.25) is 0 Å². The number of nitrogens with zero attached hydrogens (tertiary/aromatic N) is 2. The van der Waals surface area contributed by atoms with Gasteiger partial charge in [-0.05, 0) is 56.9 Å². The first-order valence-electron chi connectivity index (χ1n) is 10.4. The van der Waals surface area contributed by atoms with Gasteiger partial charge in [0.1, 0.15) is 0 Å². The number of hydrogen-bond acceptors (Lipinski definition) is 3. The molecule has 1 aliphatic carbocycles. The van der Waals surface area contributed by atoms with Crippen molar-refractivity contribution in [3.63, 3.8) is 0 Å². The van der Waals surface area contributed by atoms with Crippen LogP contribution in [0.4, 0.5) is 0 Å². The van der Waals surface area contributed by atoms with Gasteiger partial charge >= 0.3 is 0 Å². The average molecular weight is 404 g/mol. The summed E-state index contributed by atoms with van der Waals surface area (Å²) in [5.74, 6) is 0.0272. The van der Waals surface area contributed by atoms with E-state index in [0.717, 1.165) is 30.3 Å². The molecule has 2 aromatic rings. The van der Waals surface area contributed by atoms with E-state index < -0.39 is 10.0 Å². The fourth-order valence-corrected chi connectivity index (χ4v) is 6.02. The van der Waals surface area contributed by atoms with Crippen LogP contribution in [0.1, 0.15) is 45.4 Å². The molecule has 0 bridgehead atoms. The lowest BCUT2D eigenvalue weighted by molar-refractivity contribution is -0.126. The van der Waals surface area contributed by atoms with Gasteiger partial charge in [-0.3, -0.25) is 4.79 Å². The third-order valence-corrected chi connectivity index (χ3v) is 8.14. The Kier molecular flexibility index (Phi) is 5.47. The molecule has 2 heterocycles. The highest BCUT2D eigenvalue weighted by Crippen LogP contribution is 2.27. The van der Waals surface area contributed by atoms with Gasteiger partial charge in [0, 0.05) is 48.7 Å². The molecule has 2 fully saturated rings. The van der Waals surface area contributed by atoms with Gasteiger partial charge in [-0.15, -0.1) is 0 Å². The average Bonchev–Trinajstić information content (AvgIpc) is 3.36. The topological polar surface area (TPSA) is 71.4 Å². The molecule has 1 aromatic heterocycles. The number of carbonyl (C=O) groups is 1. The highest BCUT2D eigenvalue weighted by Gasteiger charge is 2.33. The summed E-state index contributed by atoms with van der Waals surface area (Å²) in [4.78, 5) is 12.8. The van der Waals surface area contributed by atoms with Gasteiger partial charge in [0.25, 0.3) is 0 Å². The zero-order chi connectivity index (χ0) is 19.7. The maximum absolute atomic E-state index is 13.1. The summed E-state index contributed by atoms with van der Waals surface area (Å²) in [5, 5.41) is 4.09. The summed E-state index contributed by atoms with van der Waals surface area (Å²) in [6, 6.07) is 7.61. The quantitative estimate of drug-likeness (QED) is 0.834. The predicted octanol–water partition coefficient (Wildman–Crippen LogP) is 3.12. The molecule has 1 aliphatic heterocycles. The molecular formula is C21H29N3O3S. The fourth-order valence-electron chi connectivity index (χ4n) is 4.51. The number of amides is 1. The van der Waals surface area contributed by atoms with E-state index in [1.54, 1.807) is 12.1 Å². The lowest BCUT2D eigenvalue weighted by atomic mass is 9.97.